The monoisotopic (exact) mass is 209 g/mol. The Morgan fingerprint density at radius 1 is 1.50 bits per heavy atom. The number of fused-ring (bicyclic) bond motifs is 1. The minimum absolute atomic E-state index is 0.312. The summed E-state index contributed by atoms with van der Waals surface area (Å²) in [5.41, 5.74) is 1.82. The molecule has 0 radical (unpaired) electrons. The van der Waals surface area contributed by atoms with Crippen LogP contribution >= 0.6 is 11.6 Å². The SMILES string of the molecule is Cc1c(C(=O)O)cc2cc(Cl)ccn12. The number of halogens is 1. The van der Waals surface area contributed by atoms with Crippen molar-refractivity contribution in [2.24, 2.45) is 0 Å². The Hall–Kier alpha value is -1.48. The lowest BCUT2D eigenvalue weighted by Gasteiger charge is -1.97. The number of aromatic nitrogens is 1. The summed E-state index contributed by atoms with van der Waals surface area (Å²) in [4.78, 5) is 10.8. The molecule has 0 atom stereocenters. The summed E-state index contributed by atoms with van der Waals surface area (Å²) in [6.07, 6.45) is 1.76. The van der Waals surface area contributed by atoms with Crippen molar-refractivity contribution in [2.75, 3.05) is 0 Å². The van der Waals surface area contributed by atoms with Crippen LogP contribution in [-0.2, 0) is 0 Å². The molecule has 0 aliphatic carbocycles. The van der Waals surface area contributed by atoms with Crippen molar-refractivity contribution >= 4 is 23.1 Å². The zero-order valence-electron chi connectivity index (χ0n) is 7.49. The van der Waals surface area contributed by atoms with Crippen molar-refractivity contribution in [2.45, 2.75) is 6.92 Å². The van der Waals surface area contributed by atoms with Crippen LogP contribution in [0.15, 0.2) is 24.4 Å². The molecule has 0 unspecified atom stereocenters. The van der Waals surface area contributed by atoms with E-state index in [1.54, 1.807) is 35.7 Å². The molecule has 0 saturated heterocycles. The average Bonchev–Trinajstić information content (AvgIpc) is 2.43. The van der Waals surface area contributed by atoms with Crippen molar-refractivity contribution in [3.63, 3.8) is 0 Å². The van der Waals surface area contributed by atoms with E-state index in [-0.39, 0.29) is 0 Å². The van der Waals surface area contributed by atoms with Gasteiger partial charge in [-0.3, -0.25) is 0 Å². The van der Waals surface area contributed by atoms with E-state index in [0.29, 0.717) is 16.3 Å². The van der Waals surface area contributed by atoms with Gasteiger partial charge >= 0.3 is 5.97 Å². The maximum atomic E-state index is 10.8. The predicted molar refractivity (Wildman–Crippen MR) is 54.1 cm³/mol. The highest BCUT2D eigenvalue weighted by molar-refractivity contribution is 6.30. The van der Waals surface area contributed by atoms with Crippen LogP contribution in [0, 0.1) is 6.92 Å². The Kier molecular flexibility index (Phi) is 1.97. The first-order valence-electron chi connectivity index (χ1n) is 4.10. The third-order valence-electron chi connectivity index (χ3n) is 2.22. The van der Waals surface area contributed by atoms with Gasteiger partial charge in [0.05, 0.1) is 5.56 Å². The first kappa shape index (κ1) is 9.09. The smallest absolute Gasteiger partial charge is 0.337 e. The van der Waals surface area contributed by atoms with E-state index in [1.807, 2.05) is 0 Å². The molecule has 2 aromatic rings. The molecule has 0 amide bonds. The van der Waals surface area contributed by atoms with Crippen molar-refractivity contribution < 1.29 is 9.90 Å². The van der Waals surface area contributed by atoms with E-state index in [1.165, 1.54) is 0 Å². The van der Waals surface area contributed by atoms with Crippen LogP contribution in [0.3, 0.4) is 0 Å². The van der Waals surface area contributed by atoms with Gasteiger partial charge in [0, 0.05) is 22.4 Å². The molecule has 0 spiro atoms. The third kappa shape index (κ3) is 1.26. The fraction of sp³-hybridized carbons (Fsp3) is 0.100. The quantitative estimate of drug-likeness (QED) is 0.785. The zero-order valence-corrected chi connectivity index (χ0v) is 8.25. The molecular weight excluding hydrogens is 202 g/mol. The summed E-state index contributed by atoms with van der Waals surface area (Å²) >= 11 is 5.80. The second-order valence-corrected chi connectivity index (χ2v) is 3.52. The minimum atomic E-state index is -0.915. The van der Waals surface area contributed by atoms with E-state index in [0.717, 1.165) is 5.52 Å². The van der Waals surface area contributed by atoms with Crippen molar-refractivity contribution in [3.05, 3.63) is 40.7 Å². The summed E-state index contributed by atoms with van der Waals surface area (Å²) in [6, 6.07) is 5.08. The van der Waals surface area contributed by atoms with Gasteiger partial charge in [0.15, 0.2) is 0 Å². The van der Waals surface area contributed by atoms with Crippen LogP contribution in [0.1, 0.15) is 16.1 Å². The minimum Gasteiger partial charge on any atom is -0.478 e. The molecule has 2 heterocycles. The molecule has 0 saturated carbocycles. The molecule has 4 heteroatoms. The molecule has 0 fully saturated rings. The van der Waals surface area contributed by atoms with Gasteiger partial charge in [0.2, 0.25) is 0 Å². The standard InChI is InChI=1S/C10H8ClNO2/c1-6-9(10(13)14)5-8-4-7(11)2-3-12(6)8/h2-5H,1H3,(H,13,14). The van der Waals surface area contributed by atoms with Gasteiger partial charge in [-0.05, 0) is 25.1 Å². The second-order valence-electron chi connectivity index (χ2n) is 3.09. The Labute approximate surface area is 85.5 Å². The van der Waals surface area contributed by atoms with Gasteiger partial charge in [-0.25, -0.2) is 4.79 Å². The second kappa shape index (κ2) is 3.03. The van der Waals surface area contributed by atoms with Crippen molar-refractivity contribution in [1.29, 1.82) is 0 Å². The Morgan fingerprint density at radius 3 is 2.86 bits per heavy atom. The molecule has 14 heavy (non-hydrogen) atoms. The molecule has 72 valence electrons. The number of hydrogen-bond donors (Lipinski definition) is 1. The molecule has 0 aliphatic heterocycles. The van der Waals surface area contributed by atoms with Gasteiger partial charge in [0.1, 0.15) is 0 Å². The van der Waals surface area contributed by atoms with E-state index < -0.39 is 5.97 Å². The average molecular weight is 210 g/mol. The van der Waals surface area contributed by atoms with Crippen molar-refractivity contribution in [1.82, 2.24) is 4.40 Å². The molecular formula is C10H8ClNO2. The summed E-state index contributed by atoms with van der Waals surface area (Å²) in [7, 11) is 0. The van der Waals surface area contributed by atoms with E-state index in [2.05, 4.69) is 0 Å². The summed E-state index contributed by atoms with van der Waals surface area (Å²) in [5.74, 6) is -0.915. The number of rotatable bonds is 1. The molecule has 3 nitrogen and oxygen atoms in total. The van der Waals surface area contributed by atoms with E-state index >= 15 is 0 Å². The Bertz CT molecular complexity index is 516. The maximum Gasteiger partial charge on any atom is 0.337 e. The predicted octanol–water partition coefficient (Wildman–Crippen LogP) is 2.60. The number of carboxylic acid groups (broad SMARTS) is 1. The third-order valence-corrected chi connectivity index (χ3v) is 2.46. The first-order chi connectivity index (χ1) is 6.59. The number of hydrogen-bond acceptors (Lipinski definition) is 1. The van der Waals surface area contributed by atoms with Gasteiger partial charge < -0.3 is 9.51 Å². The van der Waals surface area contributed by atoms with Crippen LogP contribution in [0.25, 0.3) is 5.52 Å². The number of aromatic carboxylic acids is 1. The summed E-state index contributed by atoms with van der Waals surface area (Å²) in [6.45, 7) is 1.77. The Balaban J connectivity index is 2.79. The number of carboxylic acids is 1. The number of pyridine rings is 1. The van der Waals surface area contributed by atoms with Crippen LogP contribution in [0.4, 0.5) is 0 Å². The lowest BCUT2D eigenvalue weighted by molar-refractivity contribution is 0.0696. The van der Waals surface area contributed by atoms with E-state index in [4.69, 9.17) is 16.7 Å². The van der Waals surface area contributed by atoms with E-state index in [9.17, 15) is 4.79 Å². The fourth-order valence-corrected chi connectivity index (χ4v) is 1.67. The molecule has 1 N–H and O–H groups in total. The van der Waals surface area contributed by atoms with Crippen LogP contribution in [0.5, 0.6) is 0 Å². The topological polar surface area (TPSA) is 41.7 Å². The lowest BCUT2D eigenvalue weighted by Crippen LogP contribution is -1.97. The number of nitrogens with zero attached hydrogens (tertiary/aromatic N) is 1. The fourth-order valence-electron chi connectivity index (χ4n) is 1.51. The zero-order chi connectivity index (χ0) is 10.3. The molecule has 0 aromatic carbocycles. The first-order valence-corrected chi connectivity index (χ1v) is 4.48. The summed E-state index contributed by atoms with van der Waals surface area (Å²) < 4.78 is 1.80. The summed E-state index contributed by atoms with van der Waals surface area (Å²) in [5, 5.41) is 9.49. The van der Waals surface area contributed by atoms with Gasteiger partial charge in [-0.2, -0.15) is 0 Å². The normalized spacial score (nSPS) is 10.7. The number of aryl methyl sites for hydroxylation is 1. The Morgan fingerprint density at radius 2 is 2.21 bits per heavy atom. The number of carbonyl (C=O) groups is 1. The highest BCUT2D eigenvalue weighted by atomic mass is 35.5. The van der Waals surface area contributed by atoms with Gasteiger partial charge in [0.25, 0.3) is 0 Å². The van der Waals surface area contributed by atoms with Crippen molar-refractivity contribution in [3.8, 4) is 0 Å². The van der Waals surface area contributed by atoms with Gasteiger partial charge in [-0.15, -0.1) is 0 Å². The van der Waals surface area contributed by atoms with Crippen LogP contribution in [-0.4, -0.2) is 15.5 Å². The van der Waals surface area contributed by atoms with Crippen LogP contribution < -0.4 is 0 Å². The molecule has 0 bridgehead atoms. The maximum absolute atomic E-state index is 10.8. The molecule has 2 aromatic heterocycles. The molecule has 2 rings (SSSR count). The highest BCUT2D eigenvalue weighted by Crippen LogP contribution is 2.19. The highest BCUT2D eigenvalue weighted by Gasteiger charge is 2.11. The van der Waals surface area contributed by atoms with Gasteiger partial charge in [-0.1, -0.05) is 11.6 Å². The van der Waals surface area contributed by atoms with Crippen LogP contribution in [0.2, 0.25) is 5.02 Å². The lowest BCUT2D eigenvalue weighted by atomic mass is 10.2. The molecule has 0 aliphatic rings. The largest absolute Gasteiger partial charge is 0.478 e.